The van der Waals surface area contributed by atoms with E-state index in [0.717, 1.165) is 63.9 Å². The average Bonchev–Trinajstić information content (AvgIpc) is 3.38. The summed E-state index contributed by atoms with van der Waals surface area (Å²) in [6.45, 7) is 13.0. The van der Waals surface area contributed by atoms with Gasteiger partial charge in [-0.15, -0.1) is 0 Å². The molecule has 0 N–H and O–H groups in total. The number of pyridine rings is 1. The number of benzene rings is 1. The Kier molecular flexibility index (Phi) is 8.55. The third-order valence-electron chi connectivity index (χ3n) is 6.26. The van der Waals surface area contributed by atoms with Crippen LogP contribution in [0.3, 0.4) is 0 Å². The molecule has 2 aromatic heterocycles. The minimum absolute atomic E-state index is 0.153. The van der Waals surface area contributed by atoms with Gasteiger partial charge in [-0.2, -0.15) is 0 Å². The molecule has 0 unspecified atom stereocenters. The van der Waals surface area contributed by atoms with E-state index in [1.165, 1.54) is 11.1 Å². The van der Waals surface area contributed by atoms with E-state index < -0.39 is 0 Å². The van der Waals surface area contributed by atoms with Crippen LogP contribution in [-0.4, -0.2) is 59.6 Å². The molecule has 1 fully saturated rings. The van der Waals surface area contributed by atoms with Gasteiger partial charge in [-0.05, 0) is 55.8 Å². The van der Waals surface area contributed by atoms with Crippen molar-refractivity contribution in [3.63, 3.8) is 0 Å². The summed E-state index contributed by atoms with van der Waals surface area (Å²) in [5.74, 6) is 1.41. The highest BCUT2D eigenvalue weighted by Gasteiger charge is 2.23. The molecule has 7 nitrogen and oxygen atoms in total. The van der Waals surface area contributed by atoms with Gasteiger partial charge in [0.25, 0.3) is 0 Å². The maximum absolute atomic E-state index is 12.5. The van der Waals surface area contributed by atoms with Gasteiger partial charge in [-0.1, -0.05) is 31.2 Å². The molecule has 0 amide bonds. The molecule has 1 aromatic carbocycles. The minimum Gasteiger partial charge on any atom is -0.468 e. The molecule has 7 heteroatoms. The number of hydrogen-bond acceptors (Lipinski definition) is 7. The SMILES string of the molecule is CCN(Cc1ccc(CN2CCN(c3ncccc3C(=O)OC(C)C)CC2)cc1)Cc1ccco1. The largest absolute Gasteiger partial charge is 0.468 e. The van der Waals surface area contributed by atoms with Crippen molar-refractivity contribution in [1.29, 1.82) is 0 Å². The molecule has 1 aliphatic heterocycles. The summed E-state index contributed by atoms with van der Waals surface area (Å²) in [4.78, 5) is 24.0. The maximum atomic E-state index is 12.5. The summed E-state index contributed by atoms with van der Waals surface area (Å²) in [5.41, 5.74) is 3.16. The summed E-state index contributed by atoms with van der Waals surface area (Å²) in [6, 6.07) is 16.5. The molecule has 3 heterocycles. The van der Waals surface area contributed by atoms with Gasteiger partial charge < -0.3 is 14.1 Å². The Balaban J connectivity index is 1.29. The molecule has 0 spiro atoms. The first-order valence-electron chi connectivity index (χ1n) is 12.5. The van der Waals surface area contributed by atoms with Crippen LogP contribution in [0.1, 0.15) is 48.0 Å². The smallest absolute Gasteiger partial charge is 0.342 e. The average molecular weight is 477 g/mol. The van der Waals surface area contributed by atoms with Gasteiger partial charge >= 0.3 is 5.97 Å². The predicted molar refractivity (Wildman–Crippen MR) is 137 cm³/mol. The van der Waals surface area contributed by atoms with Crippen molar-refractivity contribution in [1.82, 2.24) is 14.8 Å². The number of rotatable bonds is 10. The van der Waals surface area contributed by atoms with E-state index >= 15 is 0 Å². The molecule has 4 rings (SSSR count). The van der Waals surface area contributed by atoms with E-state index in [1.807, 2.05) is 26.0 Å². The lowest BCUT2D eigenvalue weighted by atomic mass is 10.1. The summed E-state index contributed by atoms with van der Waals surface area (Å²) in [7, 11) is 0. The van der Waals surface area contributed by atoms with Crippen molar-refractivity contribution in [2.45, 2.75) is 46.5 Å². The molecule has 0 saturated carbocycles. The lowest BCUT2D eigenvalue weighted by Gasteiger charge is -2.36. The standard InChI is InChI=1S/C28H36N4O3/c1-4-30(21-25-7-6-18-34-25)19-23-9-11-24(12-10-23)20-31-14-16-32(17-15-31)27-26(8-5-13-29-27)28(33)35-22(2)3/h5-13,18,22H,4,14-17,19-21H2,1-3H3. The van der Waals surface area contributed by atoms with Crippen LogP contribution in [0, 0.1) is 0 Å². The Labute approximate surface area is 208 Å². The van der Waals surface area contributed by atoms with Gasteiger partial charge in [-0.25, -0.2) is 9.78 Å². The lowest BCUT2D eigenvalue weighted by molar-refractivity contribution is 0.0378. The highest BCUT2D eigenvalue weighted by molar-refractivity contribution is 5.94. The Bertz CT molecular complexity index is 1060. The Morgan fingerprint density at radius 1 is 1.03 bits per heavy atom. The van der Waals surface area contributed by atoms with Crippen LogP contribution in [-0.2, 0) is 24.4 Å². The number of furan rings is 1. The molecule has 3 aromatic rings. The monoisotopic (exact) mass is 476 g/mol. The van der Waals surface area contributed by atoms with E-state index in [0.29, 0.717) is 5.56 Å². The molecule has 35 heavy (non-hydrogen) atoms. The first kappa shape index (κ1) is 24.9. The molecule has 0 aliphatic carbocycles. The number of aromatic nitrogens is 1. The highest BCUT2D eigenvalue weighted by atomic mass is 16.5. The molecule has 186 valence electrons. The molecule has 0 radical (unpaired) electrons. The zero-order chi connectivity index (χ0) is 24.6. The molecule has 0 atom stereocenters. The number of hydrogen-bond donors (Lipinski definition) is 0. The first-order valence-corrected chi connectivity index (χ1v) is 12.5. The van der Waals surface area contributed by atoms with Crippen molar-refractivity contribution in [3.8, 4) is 0 Å². The van der Waals surface area contributed by atoms with Crippen LogP contribution in [0.2, 0.25) is 0 Å². The van der Waals surface area contributed by atoms with Crippen molar-refractivity contribution in [2.75, 3.05) is 37.6 Å². The molecule has 1 saturated heterocycles. The number of anilines is 1. The van der Waals surface area contributed by atoms with Crippen molar-refractivity contribution < 1.29 is 13.9 Å². The summed E-state index contributed by atoms with van der Waals surface area (Å²) < 4.78 is 10.9. The second-order valence-electron chi connectivity index (χ2n) is 9.29. The third-order valence-corrected chi connectivity index (χ3v) is 6.26. The van der Waals surface area contributed by atoms with Crippen LogP contribution in [0.4, 0.5) is 5.82 Å². The van der Waals surface area contributed by atoms with Gasteiger partial charge in [0.15, 0.2) is 0 Å². The molecular formula is C28H36N4O3. The number of piperazine rings is 1. The number of esters is 1. The number of ether oxygens (including phenoxy) is 1. The van der Waals surface area contributed by atoms with E-state index in [9.17, 15) is 4.79 Å². The third kappa shape index (κ3) is 6.93. The zero-order valence-corrected chi connectivity index (χ0v) is 21.0. The van der Waals surface area contributed by atoms with E-state index in [1.54, 1.807) is 24.6 Å². The van der Waals surface area contributed by atoms with E-state index in [2.05, 4.69) is 50.9 Å². The number of nitrogens with zero attached hydrogens (tertiary/aromatic N) is 4. The summed E-state index contributed by atoms with van der Waals surface area (Å²) in [6.07, 6.45) is 3.32. The molecular weight excluding hydrogens is 440 g/mol. The van der Waals surface area contributed by atoms with Crippen LogP contribution < -0.4 is 4.90 Å². The van der Waals surface area contributed by atoms with Crippen molar-refractivity contribution in [3.05, 3.63) is 83.4 Å². The molecule has 0 bridgehead atoms. The minimum atomic E-state index is -0.309. The Hall–Kier alpha value is -3.16. The van der Waals surface area contributed by atoms with Gasteiger partial charge in [0.2, 0.25) is 0 Å². The first-order chi connectivity index (χ1) is 17.0. The highest BCUT2D eigenvalue weighted by Crippen LogP contribution is 2.21. The quantitative estimate of drug-likeness (QED) is 0.397. The number of carbonyl (C=O) groups is 1. The fraction of sp³-hybridized carbons (Fsp3) is 0.429. The second kappa shape index (κ2) is 12.0. The van der Waals surface area contributed by atoms with Crippen LogP contribution in [0.25, 0.3) is 0 Å². The maximum Gasteiger partial charge on any atom is 0.342 e. The van der Waals surface area contributed by atoms with Gasteiger partial charge in [0.1, 0.15) is 17.1 Å². The topological polar surface area (TPSA) is 62.0 Å². The van der Waals surface area contributed by atoms with Crippen molar-refractivity contribution in [2.24, 2.45) is 0 Å². The van der Waals surface area contributed by atoms with Gasteiger partial charge in [0.05, 0.1) is 18.9 Å². The van der Waals surface area contributed by atoms with Crippen LogP contribution in [0.15, 0.2) is 65.4 Å². The van der Waals surface area contributed by atoms with E-state index in [4.69, 9.17) is 9.15 Å². The lowest BCUT2D eigenvalue weighted by Crippen LogP contribution is -2.46. The fourth-order valence-corrected chi connectivity index (χ4v) is 4.37. The Morgan fingerprint density at radius 2 is 1.77 bits per heavy atom. The summed E-state index contributed by atoms with van der Waals surface area (Å²) >= 11 is 0. The van der Waals surface area contributed by atoms with E-state index in [-0.39, 0.29) is 12.1 Å². The predicted octanol–water partition coefficient (Wildman–Crippen LogP) is 4.58. The zero-order valence-electron chi connectivity index (χ0n) is 21.0. The second-order valence-corrected chi connectivity index (χ2v) is 9.29. The fourth-order valence-electron chi connectivity index (χ4n) is 4.37. The number of carbonyl (C=O) groups excluding carboxylic acids is 1. The van der Waals surface area contributed by atoms with Crippen LogP contribution >= 0.6 is 0 Å². The van der Waals surface area contributed by atoms with Gasteiger partial charge in [-0.3, -0.25) is 9.80 Å². The Morgan fingerprint density at radius 3 is 2.43 bits per heavy atom. The van der Waals surface area contributed by atoms with Crippen molar-refractivity contribution >= 4 is 11.8 Å². The van der Waals surface area contributed by atoms with Gasteiger partial charge in [0, 0.05) is 45.5 Å². The van der Waals surface area contributed by atoms with Crippen LogP contribution in [0.5, 0.6) is 0 Å². The normalized spacial score (nSPS) is 14.6. The summed E-state index contributed by atoms with van der Waals surface area (Å²) in [5, 5.41) is 0. The molecule has 1 aliphatic rings.